The van der Waals surface area contributed by atoms with E-state index in [2.05, 4.69) is 15.2 Å². The summed E-state index contributed by atoms with van der Waals surface area (Å²) >= 11 is 5.80. The highest BCUT2D eigenvalue weighted by molar-refractivity contribution is 6.32. The third-order valence-corrected chi connectivity index (χ3v) is 3.34. The van der Waals surface area contributed by atoms with Crippen LogP contribution in [0.4, 0.5) is 14.5 Å². The lowest BCUT2D eigenvalue weighted by Crippen LogP contribution is -2.24. The lowest BCUT2D eigenvalue weighted by atomic mass is 10.2. The lowest BCUT2D eigenvalue weighted by Gasteiger charge is -2.13. The maximum absolute atomic E-state index is 12.2. The molecular formula is C14H12ClF2N3O4. The average Bonchev–Trinajstić information content (AvgIpc) is 2.99. The molecule has 0 aliphatic heterocycles. The van der Waals surface area contributed by atoms with Gasteiger partial charge in [-0.25, -0.2) is 4.79 Å². The van der Waals surface area contributed by atoms with Crippen LogP contribution in [0.1, 0.15) is 23.3 Å². The Balaban J connectivity index is 2.08. The van der Waals surface area contributed by atoms with Crippen LogP contribution in [-0.4, -0.2) is 33.4 Å². The largest absolute Gasteiger partial charge is 0.478 e. The molecule has 2 rings (SSSR count). The van der Waals surface area contributed by atoms with Gasteiger partial charge in [0.1, 0.15) is 11.8 Å². The fraction of sp³-hybridized carbons (Fsp3) is 0.214. The summed E-state index contributed by atoms with van der Waals surface area (Å²) in [6.45, 7) is -1.49. The smallest absolute Gasteiger partial charge is 0.387 e. The first-order valence-electron chi connectivity index (χ1n) is 6.60. The van der Waals surface area contributed by atoms with Crippen molar-refractivity contribution >= 4 is 29.2 Å². The Morgan fingerprint density at radius 2 is 2.12 bits per heavy atom. The van der Waals surface area contributed by atoms with Gasteiger partial charge in [-0.3, -0.25) is 9.48 Å². The molecule has 0 spiro atoms. The van der Waals surface area contributed by atoms with E-state index in [1.807, 2.05) is 0 Å². The standard InChI is InChI=1S/C14H12ClF2N3O4/c1-7(20-6-8(5-18-20)13(22)23)12(21)19-9-2-3-11(10(15)4-9)24-14(16)17/h2-7,14H,1H3,(H,19,21)(H,22,23). The third kappa shape index (κ3) is 4.19. The van der Waals surface area contributed by atoms with Crippen LogP contribution in [-0.2, 0) is 4.79 Å². The SMILES string of the molecule is CC(C(=O)Nc1ccc(OC(F)F)c(Cl)c1)n1cc(C(=O)O)cn1. The molecule has 24 heavy (non-hydrogen) atoms. The minimum Gasteiger partial charge on any atom is -0.478 e. The van der Waals surface area contributed by atoms with E-state index in [0.717, 1.165) is 6.20 Å². The normalized spacial score (nSPS) is 12.0. The van der Waals surface area contributed by atoms with Crippen LogP contribution < -0.4 is 10.1 Å². The number of hydrogen-bond donors (Lipinski definition) is 2. The molecule has 0 aliphatic carbocycles. The van der Waals surface area contributed by atoms with Crippen molar-refractivity contribution in [2.75, 3.05) is 5.32 Å². The van der Waals surface area contributed by atoms with Crippen LogP contribution in [0.15, 0.2) is 30.6 Å². The van der Waals surface area contributed by atoms with Crippen LogP contribution in [0.25, 0.3) is 0 Å². The number of rotatable bonds is 6. The van der Waals surface area contributed by atoms with Crippen LogP contribution in [0.3, 0.4) is 0 Å². The number of carbonyl (C=O) groups is 2. The number of amides is 1. The van der Waals surface area contributed by atoms with Crippen molar-refractivity contribution in [3.05, 3.63) is 41.2 Å². The summed E-state index contributed by atoms with van der Waals surface area (Å²) in [5, 5.41) is 15.1. The van der Waals surface area contributed by atoms with E-state index < -0.39 is 24.5 Å². The Kier molecular flexibility index (Phi) is 5.35. The van der Waals surface area contributed by atoms with E-state index in [4.69, 9.17) is 16.7 Å². The molecule has 2 N–H and O–H groups in total. The van der Waals surface area contributed by atoms with Crippen LogP contribution >= 0.6 is 11.6 Å². The van der Waals surface area contributed by atoms with Gasteiger partial charge in [0.25, 0.3) is 0 Å². The van der Waals surface area contributed by atoms with Crippen LogP contribution in [0.2, 0.25) is 5.02 Å². The number of halogens is 3. The number of benzene rings is 1. The number of carboxylic acids is 1. The molecule has 1 amide bonds. The molecular weight excluding hydrogens is 348 g/mol. The highest BCUT2D eigenvalue weighted by atomic mass is 35.5. The van der Waals surface area contributed by atoms with Crippen LogP contribution in [0.5, 0.6) is 5.75 Å². The van der Waals surface area contributed by atoms with E-state index >= 15 is 0 Å². The molecule has 0 saturated carbocycles. The molecule has 1 atom stereocenters. The molecule has 0 fully saturated rings. The van der Waals surface area contributed by atoms with Crippen molar-refractivity contribution in [3.8, 4) is 5.75 Å². The molecule has 1 unspecified atom stereocenters. The van der Waals surface area contributed by atoms with Crippen LogP contribution in [0, 0.1) is 0 Å². The first-order chi connectivity index (χ1) is 11.3. The molecule has 1 heterocycles. The Hall–Kier alpha value is -2.68. The molecule has 1 aromatic heterocycles. The Bertz CT molecular complexity index is 766. The van der Waals surface area contributed by atoms with E-state index in [0.29, 0.717) is 0 Å². The number of nitrogens with one attached hydrogen (secondary N) is 1. The molecule has 0 saturated heterocycles. The van der Waals surface area contributed by atoms with Gasteiger partial charge in [-0.1, -0.05) is 11.6 Å². The number of hydrogen-bond acceptors (Lipinski definition) is 4. The minimum atomic E-state index is -3.01. The summed E-state index contributed by atoms with van der Waals surface area (Å²) in [6, 6.07) is 3.01. The lowest BCUT2D eigenvalue weighted by molar-refractivity contribution is -0.119. The van der Waals surface area contributed by atoms with Gasteiger partial charge in [0.15, 0.2) is 0 Å². The third-order valence-electron chi connectivity index (χ3n) is 3.04. The first-order valence-corrected chi connectivity index (χ1v) is 6.98. The van der Waals surface area contributed by atoms with Gasteiger partial charge in [0.05, 0.1) is 16.8 Å². The quantitative estimate of drug-likeness (QED) is 0.826. The molecule has 7 nitrogen and oxygen atoms in total. The highest BCUT2D eigenvalue weighted by Crippen LogP contribution is 2.29. The molecule has 2 aromatic rings. The fourth-order valence-corrected chi connectivity index (χ4v) is 2.02. The second-order valence-corrected chi connectivity index (χ2v) is 5.11. The predicted molar refractivity (Wildman–Crippen MR) is 80.6 cm³/mol. The van der Waals surface area contributed by atoms with Gasteiger partial charge in [-0.15, -0.1) is 0 Å². The number of ether oxygens (including phenoxy) is 1. The monoisotopic (exact) mass is 359 g/mol. The number of aromatic carboxylic acids is 1. The van der Waals surface area contributed by atoms with Gasteiger partial charge in [0, 0.05) is 11.9 Å². The summed E-state index contributed by atoms with van der Waals surface area (Å²) in [5.74, 6) is -1.86. The zero-order chi connectivity index (χ0) is 17.9. The van der Waals surface area contributed by atoms with Crippen molar-refractivity contribution in [2.45, 2.75) is 19.6 Å². The Labute approximate surface area is 139 Å². The Morgan fingerprint density at radius 3 is 2.67 bits per heavy atom. The second kappa shape index (κ2) is 7.26. The summed E-state index contributed by atoms with van der Waals surface area (Å²) < 4.78 is 29.7. The topological polar surface area (TPSA) is 93.5 Å². The molecule has 128 valence electrons. The van der Waals surface area contributed by atoms with Crippen molar-refractivity contribution in [2.24, 2.45) is 0 Å². The number of alkyl halides is 2. The average molecular weight is 360 g/mol. The second-order valence-electron chi connectivity index (χ2n) is 4.70. The summed E-state index contributed by atoms with van der Waals surface area (Å²) in [7, 11) is 0. The number of carbonyl (C=O) groups excluding carboxylic acids is 1. The van der Waals surface area contributed by atoms with Gasteiger partial charge in [-0.05, 0) is 25.1 Å². The van der Waals surface area contributed by atoms with Crippen molar-refractivity contribution in [1.82, 2.24) is 9.78 Å². The Morgan fingerprint density at radius 1 is 1.42 bits per heavy atom. The van der Waals surface area contributed by atoms with E-state index in [9.17, 15) is 18.4 Å². The molecule has 0 aliphatic rings. The van der Waals surface area contributed by atoms with Gasteiger partial charge >= 0.3 is 12.6 Å². The van der Waals surface area contributed by atoms with Gasteiger partial charge < -0.3 is 15.2 Å². The zero-order valence-corrected chi connectivity index (χ0v) is 13.0. The fourth-order valence-electron chi connectivity index (χ4n) is 1.80. The van der Waals surface area contributed by atoms with Crippen molar-refractivity contribution in [1.29, 1.82) is 0 Å². The minimum absolute atomic E-state index is 0.0498. The van der Waals surface area contributed by atoms with Gasteiger partial charge in [-0.2, -0.15) is 13.9 Å². The maximum atomic E-state index is 12.2. The first kappa shape index (κ1) is 17.7. The zero-order valence-electron chi connectivity index (χ0n) is 12.2. The molecule has 0 radical (unpaired) electrons. The number of carboxylic acid groups (broad SMARTS) is 1. The van der Waals surface area contributed by atoms with E-state index in [1.165, 1.54) is 36.0 Å². The maximum Gasteiger partial charge on any atom is 0.387 e. The van der Waals surface area contributed by atoms with Gasteiger partial charge in [0.2, 0.25) is 5.91 Å². The highest BCUT2D eigenvalue weighted by Gasteiger charge is 2.18. The molecule has 0 bridgehead atoms. The predicted octanol–water partition coefficient (Wildman–Crippen LogP) is 3.04. The van der Waals surface area contributed by atoms with Crippen molar-refractivity contribution in [3.63, 3.8) is 0 Å². The number of nitrogens with zero attached hydrogens (tertiary/aromatic N) is 2. The summed E-state index contributed by atoms with van der Waals surface area (Å²) in [4.78, 5) is 23.0. The van der Waals surface area contributed by atoms with Crippen molar-refractivity contribution < 1.29 is 28.2 Å². The molecule has 1 aromatic carbocycles. The summed E-state index contributed by atoms with van der Waals surface area (Å²) in [5.41, 5.74) is 0.218. The number of aromatic nitrogens is 2. The van der Waals surface area contributed by atoms with E-state index in [-0.39, 0.29) is 22.0 Å². The summed E-state index contributed by atoms with van der Waals surface area (Å²) in [6.07, 6.45) is 2.35. The number of anilines is 1. The molecule has 10 heteroatoms. The van der Waals surface area contributed by atoms with E-state index in [1.54, 1.807) is 0 Å².